The predicted octanol–water partition coefficient (Wildman–Crippen LogP) is 2.37. The molecule has 0 radical (unpaired) electrons. The highest BCUT2D eigenvalue weighted by molar-refractivity contribution is 6.02. The second-order valence-corrected chi connectivity index (χ2v) is 6.05. The molecule has 2 atom stereocenters. The van der Waals surface area contributed by atoms with Crippen molar-refractivity contribution < 1.29 is 19.1 Å². The van der Waals surface area contributed by atoms with E-state index < -0.39 is 6.10 Å². The first kappa shape index (κ1) is 16.3. The lowest BCUT2D eigenvalue weighted by Gasteiger charge is -2.18. The third-order valence-electron chi connectivity index (χ3n) is 4.33. The Morgan fingerprint density at radius 3 is 2.62 bits per heavy atom. The minimum Gasteiger partial charge on any atom is -0.459 e. The average Bonchev–Trinajstić information content (AvgIpc) is 3.26. The van der Waals surface area contributed by atoms with Crippen molar-refractivity contribution in [1.29, 1.82) is 0 Å². The molecule has 2 heterocycles. The number of amides is 2. The normalized spacial score (nSPS) is 18.4. The Hall–Kier alpha value is -2.60. The molecule has 1 aliphatic heterocycles. The van der Waals surface area contributed by atoms with Crippen LogP contribution in [0.1, 0.15) is 34.3 Å². The fourth-order valence-corrected chi connectivity index (χ4v) is 2.84. The quantitative estimate of drug-likeness (QED) is 0.903. The molecule has 0 spiro atoms. The first-order valence-electron chi connectivity index (χ1n) is 7.97. The van der Waals surface area contributed by atoms with E-state index in [1.165, 1.54) is 6.26 Å². The summed E-state index contributed by atoms with van der Waals surface area (Å²) >= 11 is 0. The van der Waals surface area contributed by atoms with Crippen molar-refractivity contribution in [1.82, 2.24) is 4.90 Å². The number of carbonyl (C=O) groups is 2. The van der Waals surface area contributed by atoms with Gasteiger partial charge in [0.2, 0.25) is 0 Å². The topological polar surface area (TPSA) is 82.8 Å². The number of anilines is 1. The number of likely N-dealkylation sites (tertiary alicyclic amines) is 1. The van der Waals surface area contributed by atoms with Crippen LogP contribution in [-0.4, -0.2) is 41.0 Å². The molecule has 0 aliphatic carbocycles. The standard InChI is InChI=1S/C18H20N2O4/c1-12(21)14-8-9-20(11-14)18(23)13-4-6-15(7-5-13)19-17(22)16-3-2-10-24-16/h2-7,10,12,14,21H,8-9,11H2,1H3,(H,19,22). The number of aliphatic hydroxyl groups is 1. The lowest BCUT2D eigenvalue weighted by Crippen LogP contribution is -2.30. The van der Waals surface area contributed by atoms with Crippen LogP contribution in [0.25, 0.3) is 0 Å². The number of carbonyl (C=O) groups excluding carboxylic acids is 2. The Morgan fingerprint density at radius 1 is 1.29 bits per heavy atom. The number of rotatable bonds is 4. The van der Waals surface area contributed by atoms with Gasteiger partial charge in [-0.05, 0) is 49.7 Å². The van der Waals surface area contributed by atoms with Crippen LogP contribution in [0, 0.1) is 5.92 Å². The fourth-order valence-electron chi connectivity index (χ4n) is 2.84. The second-order valence-electron chi connectivity index (χ2n) is 6.05. The van der Waals surface area contributed by atoms with Crippen LogP contribution in [0.2, 0.25) is 0 Å². The molecule has 2 aromatic rings. The van der Waals surface area contributed by atoms with Gasteiger partial charge in [0.1, 0.15) is 0 Å². The van der Waals surface area contributed by atoms with Gasteiger partial charge in [0.15, 0.2) is 5.76 Å². The number of hydrogen-bond acceptors (Lipinski definition) is 4. The summed E-state index contributed by atoms with van der Waals surface area (Å²) in [6.07, 6.45) is 1.86. The maximum Gasteiger partial charge on any atom is 0.291 e. The molecule has 126 valence electrons. The molecule has 6 heteroatoms. The molecule has 1 fully saturated rings. The summed E-state index contributed by atoms with van der Waals surface area (Å²) in [5.41, 5.74) is 1.16. The Balaban J connectivity index is 1.62. The van der Waals surface area contributed by atoms with Gasteiger partial charge in [-0.2, -0.15) is 0 Å². The molecule has 2 unspecified atom stereocenters. The SMILES string of the molecule is CC(O)C1CCN(C(=O)c2ccc(NC(=O)c3ccco3)cc2)C1. The van der Waals surface area contributed by atoms with Gasteiger partial charge in [-0.25, -0.2) is 0 Å². The highest BCUT2D eigenvalue weighted by Gasteiger charge is 2.29. The lowest BCUT2D eigenvalue weighted by atomic mass is 10.0. The van der Waals surface area contributed by atoms with E-state index in [2.05, 4.69) is 5.32 Å². The molecule has 1 saturated heterocycles. The van der Waals surface area contributed by atoms with Crippen molar-refractivity contribution in [2.75, 3.05) is 18.4 Å². The monoisotopic (exact) mass is 328 g/mol. The van der Waals surface area contributed by atoms with Crippen LogP contribution >= 0.6 is 0 Å². The van der Waals surface area contributed by atoms with Gasteiger partial charge in [-0.3, -0.25) is 9.59 Å². The van der Waals surface area contributed by atoms with Crippen LogP contribution in [-0.2, 0) is 0 Å². The highest BCUT2D eigenvalue weighted by atomic mass is 16.3. The van der Waals surface area contributed by atoms with Crippen molar-refractivity contribution in [3.63, 3.8) is 0 Å². The van der Waals surface area contributed by atoms with Crippen molar-refractivity contribution in [2.45, 2.75) is 19.4 Å². The maximum absolute atomic E-state index is 12.5. The van der Waals surface area contributed by atoms with Crippen LogP contribution in [0.15, 0.2) is 47.1 Å². The summed E-state index contributed by atoms with van der Waals surface area (Å²) in [7, 11) is 0. The number of nitrogens with one attached hydrogen (secondary N) is 1. The zero-order valence-corrected chi connectivity index (χ0v) is 13.4. The van der Waals surface area contributed by atoms with E-state index in [-0.39, 0.29) is 23.5 Å². The van der Waals surface area contributed by atoms with Crippen LogP contribution in [0.5, 0.6) is 0 Å². The molecule has 1 aromatic heterocycles. The summed E-state index contributed by atoms with van der Waals surface area (Å²) in [5.74, 6) is -0.0161. The summed E-state index contributed by atoms with van der Waals surface area (Å²) in [5, 5.41) is 12.3. The number of furan rings is 1. The number of aliphatic hydroxyl groups excluding tert-OH is 1. The van der Waals surface area contributed by atoms with Gasteiger partial charge in [0.25, 0.3) is 11.8 Å². The fraction of sp³-hybridized carbons (Fsp3) is 0.333. The van der Waals surface area contributed by atoms with E-state index >= 15 is 0 Å². The van der Waals surface area contributed by atoms with Crippen LogP contribution in [0.3, 0.4) is 0 Å². The van der Waals surface area contributed by atoms with Gasteiger partial charge >= 0.3 is 0 Å². The van der Waals surface area contributed by atoms with Crippen molar-refractivity contribution in [2.24, 2.45) is 5.92 Å². The third kappa shape index (κ3) is 3.49. The van der Waals surface area contributed by atoms with Gasteiger partial charge in [0, 0.05) is 30.3 Å². The zero-order valence-electron chi connectivity index (χ0n) is 13.4. The molecule has 1 aliphatic rings. The Kier molecular flexibility index (Phi) is 4.66. The molecule has 1 aromatic carbocycles. The summed E-state index contributed by atoms with van der Waals surface area (Å²) in [4.78, 5) is 26.1. The second kappa shape index (κ2) is 6.88. The largest absolute Gasteiger partial charge is 0.459 e. The summed E-state index contributed by atoms with van der Waals surface area (Å²) in [6, 6.07) is 9.99. The number of nitrogens with zero attached hydrogens (tertiary/aromatic N) is 1. The smallest absolute Gasteiger partial charge is 0.291 e. The van der Waals surface area contributed by atoms with Crippen molar-refractivity contribution >= 4 is 17.5 Å². The maximum atomic E-state index is 12.5. The van der Waals surface area contributed by atoms with Gasteiger partial charge in [0.05, 0.1) is 12.4 Å². The van der Waals surface area contributed by atoms with E-state index in [0.717, 1.165) is 6.42 Å². The van der Waals surface area contributed by atoms with E-state index in [1.54, 1.807) is 48.2 Å². The Morgan fingerprint density at radius 2 is 2.04 bits per heavy atom. The molecule has 24 heavy (non-hydrogen) atoms. The van der Waals surface area contributed by atoms with Crippen LogP contribution < -0.4 is 5.32 Å². The first-order chi connectivity index (χ1) is 11.5. The predicted molar refractivity (Wildman–Crippen MR) is 88.8 cm³/mol. The lowest BCUT2D eigenvalue weighted by molar-refractivity contribution is 0.0762. The number of hydrogen-bond donors (Lipinski definition) is 2. The minimum absolute atomic E-state index is 0.0536. The molecule has 2 N–H and O–H groups in total. The molecular formula is C18H20N2O4. The summed E-state index contributed by atoms with van der Waals surface area (Å²) in [6.45, 7) is 2.99. The van der Waals surface area contributed by atoms with Gasteiger partial charge in [-0.1, -0.05) is 0 Å². The van der Waals surface area contributed by atoms with Crippen LogP contribution in [0.4, 0.5) is 5.69 Å². The Bertz CT molecular complexity index is 707. The third-order valence-corrected chi connectivity index (χ3v) is 4.33. The first-order valence-corrected chi connectivity index (χ1v) is 7.97. The van der Waals surface area contributed by atoms with Crippen molar-refractivity contribution in [3.05, 3.63) is 54.0 Å². The zero-order chi connectivity index (χ0) is 17.1. The molecule has 0 bridgehead atoms. The number of benzene rings is 1. The van der Waals surface area contributed by atoms with E-state index in [1.807, 2.05) is 0 Å². The highest BCUT2D eigenvalue weighted by Crippen LogP contribution is 2.22. The molecule has 6 nitrogen and oxygen atoms in total. The van der Waals surface area contributed by atoms with Crippen molar-refractivity contribution in [3.8, 4) is 0 Å². The van der Waals surface area contributed by atoms with Gasteiger partial charge in [-0.15, -0.1) is 0 Å². The van der Waals surface area contributed by atoms with Gasteiger partial charge < -0.3 is 19.7 Å². The molecule has 3 rings (SSSR count). The van der Waals surface area contributed by atoms with E-state index in [0.29, 0.717) is 24.3 Å². The average molecular weight is 328 g/mol. The Labute approximate surface area is 140 Å². The summed E-state index contributed by atoms with van der Waals surface area (Å²) < 4.78 is 5.03. The molecule has 0 saturated carbocycles. The molecular weight excluding hydrogens is 308 g/mol. The molecule has 2 amide bonds. The minimum atomic E-state index is -0.401. The van der Waals surface area contributed by atoms with E-state index in [9.17, 15) is 14.7 Å². The van der Waals surface area contributed by atoms with E-state index in [4.69, 9.17) is 4.42 Å².